The van der Waals surface area contributed by atoms with E-state index in [1.807, 2.05) is 66.7 Å². The molecule has 1 unspecified atom stereocenters. The van der Waals surface area contributed by atoms with E-state index < -0.39 is 4.48 Å². The predicted octanol–water partition coefficient (Wildman–Crippen LogP) is 10.7. The summed E-state index contributed by atoms with van der Waals surface area (Å²) in [6.07, 6.45) is 0. The third kappa shape index (κ3) is 10.3. The quantitative estimate of drug-likeness (QED) is 0.0963. The average Bonchev–Trinajstić information content (AvgIpc) is 3.18. The maximum Gasteiger partial charge on any atom is 0.321 e. The molecule has 55 heavy (non-hydrogen) atoms. The Morgan fingerprint density at radius 2 is 1.07 bits per heavy atom. The molecular weight excluding hydrogens is 763 g/mol. The summed E-state index contributed by atoms with van der Waals surface area (Å²) in [6.45, 7) is 3.58. The van der Waals surface area contributed by atoms with Gasteiger partial charge in [0.25, 0.3) is 11.8 Å². The van der Waals surface area contributed by atoms with E-state index in [0.29, 0.717) is 40.2 Å². The molecule has 1 N–H and O–H groups in total. The van der Waals surface area contributed by atoms with E-state index in [2.05, 4.69) is 15.3 Å². The van der Waals surface area contributed by atoms with E-state index in [1.54, 1.807) is 74.9 Å². The number of amides is 2. The van der Waals surface area contributed by atoms with Crippen LogP contribution in [0.25, 0.3) is 0 Å². The lowest BCUT2D eigenvalue weighted by Crippen LogP contribution is -2.48. The summed E-state index contributed by atoms with van der Waals surface area (Å²) in [5.41, 5.74) is 2.50. The number of aromatic nitrogens is 2. The van der Waals surface area contributed by atoms with Gasteiger partial charge in [-0.3, -0.25) is 4.79 Å². The van der Waals surface area contributed by atoms with E-state index in [0.717, 1.165) is 16.9 Å². The number of quaternary nitrogens is 1. The van der Waals surface area contributed by atoms with Crippen molar-refractivity contribution in [2.45, 2.75) is 26.9 Å². The fraction of sp³-hybridized carbons (Fsp3) is 0.143. The smallest absolute Gasteiger partial charge is 0.321 e. The minimum absolute atomic E-state index is 0.0362. The number of rotatable bonds is 12. The normalized spacial score (nSPS) is 11.6. The first-order valence-corrected chi connectivity index (χ1v) is 18.1. The van der Waals surface area contributed by atoms with Crippen molar-refractivity contribution in [1.82, 2.24) is 19.8 Å². The lowest BCUT2D eigenvalue weighted by molar-refractivity contribution is -0.126. The highest BCUT2D eigenvalue weighted by Crippen LogP contribution is 2.49. The van der Waals surface area contributed by atoms with Crippen LogP contribution in [0.15, 0.2) is 127 Å². The van der Waals surface area contributed by atoms with Crippen LogP contribution in [0.4, 0.5) is 11.4 Å². The van der Waals surface area contributed by atoms with Gasteiger partial charge >= 0.3 is 5.91 Å². The molecule has 0 spiro atoms. The number of methoxy groups -OCH3 is 2. The lowest BCUT2D eigenvalue weighted by atomic mass is 10.1. The van der Waals surface area contributed by atoms with Gasteiger partial charge in [0.1, 0.15) is 39.8 Å². The Morgan fingerprint density at radius 1 is 0.600 bits per heavy atom. The summed E-state index contributed by atoms with van der Waals surface area (Å²) in [4.78, 5) is 33.9. The van der Waals surface area contributed by atoms with E-state index >= 15 is 0 Å². The number of nitrogens with one attached hydrogen (secondary N) is 1. The van der Waals surface area contributed by atoms with Crippen LogP contribution >= 0.6 is 34.8 Å². The summed E-state index contributed by atoms with van der Waals surface area (Å²) >= 11 is 18.8. The largest absolute Gasteiger partial charge is 0.496 e. The highest BCUT2D eigenvalue weighted by Gasteiger charge is 2.46. The number of halogens is 3. The molecule has 1 atom stereocenters. The van der Waals surface area contributed by atoms with Crippen molar-refractivity contribution in [3.63, 3.8) is 0 Å². The number of hydrogen-bond acceptors (Lipinski definition) is 8. The Balaban J connectivity index is 0.000000378. The van der Waals surface area contributed by atoms with Crippen molar-refractivity contribution in [3.8, 4) is 34.8 Å². The fourth-order valence-electron chi connectivity index (χ4n) is 5.68. The van der Waals surface area contributed by atoms with Gasteiger partial charge < -0.3 is 24.3 Å². The van der Waals surface area contributed by atoms with Crippen LogP contribution in [0.1, 0.15) is 25.0 Å². The minimum Gasteiger partial charge on any atom is -0.496 e. The second-order valence-electron chi connectivity index (χ2n) is 11.9. The molecule has 282 valence electrons. The maximum atomic E-state index is 14.2. The number of ether oxygens (including phenoxy) is 4. The molecule has 0 bridgehead atoms. The average molecular weight is 801 g/mol. The molecule has 2 amide bonds. The standard InChI is InChI=1S/C32H25Cl3N3O4.C10H13NO2/c1-21(39)38(20-22-8-6-7-11-28(22)40-2,26-16-18-29(34)36-31(26)41-24-9-4-3-5-10-24)27-17-19-30(35)37-32(27)42-25-14-12-23(33)13-15-25;1-8(12)11-7-9-5-3-4-6-10(9)13-2/h3-19H,20H2,1-2H3;3-6H,7H2,1-2H3,(H,11,12)/q+1;. The van der Waals surface area contributed by atoms with Gasteiger partial charge in [0.2, 0.25) is 17.3 Å². The molecule has 0 radical (unpaired) electrons. The molecule has 0 aliphatic rings. The topological polar surface area (TPSA) is 109 Å². The molecule has 10 nitrogen and oxygen atoms in total. The number of para-hydroxylation sites is 3. The van der Waals surface area contributed by atoms with Gasteiger partial charge in [0.05, 0.1) is 21.1 Å². The van der Waals surface area contributed by atoms with Gasteiger partial charge in [-0.05, 0) is 66.7 Å². The number of hydrogen-bond donors (Lipinski definition) is 1. The van der Waals surface area contributed by atoms with Gasteiger partial charge in [-0.2, -0.15) is 14.5 Å². The van der Waals surface area contributed by atoms with Crippen LogP contribution < -0.4 is 28.7 Å². The summed E-state index contributed by atoms with van der Waals surface area (Å²) in [5, 5.41) is 3.63. The zero-order valence-electron chi connectivity index (χ0n) is 30.5. The highest BCUT2D eigenvalue weighted by atomic mass is 35.5. The molecule has 0 saturated carbocycles. The van der Waals surface area contributed by atoms with Crippen molar-refractivity contribution >= 4 is 58.0 Å². The Bertz CT molecular complexity index is 2240. The second-order valence-corrected chi connectivity index (χ2v) is 13.1. The molecular formula is C42H38Cl3N4O6+. The van der Waals surface area contributed by atoms with E-state index in [1.165, 1.54) is 13.8 Å². The number of pyridine rings is 2. The number of benzene rings is 4. The lowest BCUT2D eigenvalue weighted by Gasteiger charge is -2.35. The third-order valence-electron chi connectivity index (χ3n) is 8.28. The molecule has 13 heteroatoms. The zero-order chi connectivity index (χ0) is 39.4. The Kier molecular flexibility index (Phi) is 14.1. The van der Waals surface area contributed by atoms with Crippen molar-refractivity contribution < 1.29 is 28.5 Å². The monoisotopic (exact) mass is 799 g/mol. The van der Waals surface area contributed by atoms with Crippen LogP contribution in [-0.2, 0) is 22.7 Å². The molecule has 4 aromatic carbocycles. The van der Waals surface area contributed by atoms with Crippen molar-refractivity contribution in [1.29, 1.82) is 0 Å². The predicted molar refractivity (Wildman–Crippen MR) is 216 cm³/mol. The van der Waals surface area contributed by atoms with Gasteiger partial charge in [0.15, 0.2) is 0 Å². The molecule has 6 rings (SSSR count). The van der Waals surface area contributed by atoms with E-state index in [9.17, 15) is 9.59 Å². The summed E-state index contributed by atoms with van der Waals surface area (Å²) in [6, 6.07) is 37.6. The summed E-state index contributed by atoms with van der Waals surface area (Å²) in [5.74, 6) is 2.27. The fourth-order valence-corrected chi connectivity index (χ4v) is 6.08. The summed E-state index contributed by atoms with van der Waals surface area (Å²) in [7, 11) is 3.20. The van der Waals surface area contributed by atoms with Crippen LogP contribution in [0, 0.1) is 0 Å². The van der Waals surface area contributed by atoms with E-state index in [4.69, 9.17) is 53.8 Å². The minimum atomic E-state index is -0.459. The molecule has 6 aromatic rings. The van der Waals surface area contributed by atoms with Crippen molar-refractivity contribution in [3.05, 3.63) is 154 Å². The van der Waals surface area contributed by atoms with Gasteiger partial charge in [-0.25, -0.2) is 4.79 Å². The third-order valence-corrected chi connectivity index (χ3v) is 8.95. The van der Waals surface area contributed by atoms with Gasteiger partial charge in [-0.1, -0.05) is 83.3 Å². The first kappa shape index (κ1) is 40.5. The Morgan fingerprint density at radius 3 is 1.58 bits per heavy atom. The maximum absolute atomic E-state index is 14.2. The van der Waals surface area contributed by atoms with E-state index in [-0.39, 0.29) is 40.4 Å². The van der Waals surface area contributed by atoms with Gasteiger partial charge in [-0.15, -0.1) is 0 Å². The zero-order valence-corrected chi connectivity index (χ0v) is 32.7. The van der Waals surface area contributed by atoms with Crippen molar-refractivity contribution in [2.24, 2.45) is 0 Å². The first-order chi connectivity index (χ1) is 26.5. The Labute approximate surface area is 334 Å². The Hall–Kier alpha value is -5.65. The number of carbonyl (C=O) groups is 2. The highest BCUT2D eigenvalue weighted by molar-refractivity contribution is 6.30. The van der Waals surface area contributed by atoms with Crippen LogP contribution in [0.3, 0.4) is 0 Å². The molecule has 0 aliphatic carbocycles. The molecule has 2 aromatic heterocycles. The number of carbonyl (C=O) groups excluding carboxylic acids is 2. The van der Waals surface area contributed by atoms with Crippen LogP contribution in [0.2, 0.25) is 15.3 Å². The van der Waals surface area contributed by atoms with Crippen molar-refractivity contribution in [2.75, 3.05) is 14.2 Å². The van der Waals surface area contributed by atoms with Crippen LogP contribution in [-0.4, -0.2) is 36.0 Å². The molecule has 0 fully saturated rings. The van der Waals surface area contributed by atoms with Crippen LogP contribution in [0.5, 0.6) is 34.8 Å². The molecule has 0 saturated heterocycles. The van der Waals surface area contributed by atoms with Gasteiger partial charge in [0, 0.05) is 41.8 Å². The first-order valence-electron chi connectivity index (χ1n) is 16.9. The SMILES string of the molecule is COc1ccccc1CNC(C)=O.COc1ccccc1C[N+](C(C)=O)(c1ccc(Cl)nc1Oc1ccccc1)c1ccc(Cl)nc1Oc1ccc(Cl)cc1. The second kappa shape index (κ2) is 19.1. The summed E-state index contributed by atoms with van der Waals surface area (Å²) < 4.78 is 22.9. The molecule has 2 heterocycles. The molecule has 0 aliphatic heterocycles. The number of nitrogens with zero attached hydrogens (tertiary/aromatic N) is 3.